The maximum Gasteiger partial charge on any atom is 0.273 e. The van der Waals surface area contributed by atoms with Crippen LogP contribution in [-0.2, 0) is 6.42 Å². The summed E-state index contributed by atoms with van der Waals surface area (Å²) in [5.74, 6) is 0.910. The van der Waals surface area contributed by atoms with Crippen LogP contribution in [0.5, 0.6) is 0 Å². The molecule has 0 fully saturated rings. The van der Waals surface area contributed by atoms with Crippen molar-refractivity contribution in [2.75, 3.05) is 0 Å². The number of hydrogen-bond donors (Lipinski definition) is 1. The van der Waals surface area contributed by atoms with Crippen molar-refractivity contribution in [1.29, 1.82) is 0 Å². The van der Waals surface area contributed by atoms with E-state index in [4.69, 9.17) is 13.9 Å². The monoisotopic (exact) mass is 389 g/mol. The van der Waals surface area contributed by atoms with E-state index >= 15 is 0 Å². The van der Waals surface area contributed by atoms with Gasteiger partial charge in [0, 0.05) is 23.2 Å². The van der Waals surface area contributed by atoms with Gasteiger partial charge >= 0.3 is 0 Å². The Kier molecular flexibility index (Phi) is 3.87. The van der Waals surface area contributed by atoms with Gasteiger partial charge in [-0.15, -0.1) is 0 Å². The van der Waals surface area contributed by atoms with E-state index in [1.807, 2.05) is 25.1 Å². The normalized spacial score (nSPS) is 11.9. The second kappa shape index (κ2) is 6.44. The van der Waals surface area contributed by atoms with Crippen molar-refractivity contribution in [3.8, 4) is 22.7 Å². The molecule has 4 aromatic heterocycles. The number of rotatable bonds is 4. The first kappa shape index (κ1) is 17.4. The molecule has 0 aliphatic carbocycles. The maximum absolute atomic E-state index is 12.7. The number of nitrogens with one attached hydrogen (secondary N) is 1. The molecule has 0 aliphatic heterocycles. The minimum atomic E-state index is -0.215. The van der Waals surface area contributed by atoms with Crippen molar-refractivity contribution >= 4 is 16.6 Å². The number of aryl methyl sites for hydroxylation is 1. The first-order chi connectivity index (χ1) is 14.0. The van der Waals surface area contributed by atoms with Crippen molar-refractivity contribution in [3.05, 3.63) is 58.5 Å². The van der Waals surface area contributed by atoms with E-state index in [0.717, 1.165) is 28.8 Å². The predicted octanol–water partition coefficient (Wildman–Crippen LogP) is 3.99. The van der Waals surface area contributed by atoms with E-state index < -0.39 is 0 Å². The summed E-state index contributed by atoms with van der Waals surface area (Å²) < 4.78 is 12.3. The van der Waals surface area contributed by atoms with Crippen LogP contribution in [0, 0.1) is 12.8 Å². The van der Waals surface area contributed by atoms with E-state index in [1.165, 1.54) is 10.6 Å². The Morgan fingerprint density at radius 3 is 2.90 bits per heavy atom. The molecule has 0 radical (unpaired) electrons. The standard InChI is InChI=1S/C21H19N5O3/c1-11(2)6-14-10-28-21(23-14)16-9-22-26-19(27)8-17(24-20(16)26)13-4-5-18-15(7-13)12(3)25-29-18/h4-5,7-11,22H,6H2,1-3H3. The van der Waals surface area contributed by atoms with Crippen LogP contribution in [0.4, 0.5) is 0 Å². The van der Waals surface area contributed by atoms with E-state index in [9.17, 15) is 4.79 Å². The minimum Gasteiger partial charge on any atom is -0.444 e. The Labute approximate surface area is 165 Å². The summed E-state index contributed by atoms with van der Waals surface area (Å²) in [6.07, 6.45) is 4.16. The summed E-state index contributed by atoms with van der Waals surface area (Å²) >= 11 is 0. The highest BCUT2D eigenvalue weighted by atomic mass is 16.5. The van der Waals surface area contributed by atoms with Crippen molar-refractivity contribution in [1.82, 2.24) is 24.7 Å². The van der Waals surface area contributed by atoms with E-state index in [2.05, 4.69) is 29.1 Å². The molecule has 0 bridgehead atoms. The van der Waals surface area contributed by atoms with Crippen molar-refractivity contribution in [2.24, 2.45) is 5.92 Å². The molecular weight excluding hydrogens is 370 g/mol. The highest BCUT2D eigenvalue weighted by Crippen LogP contribution is 2.27. The number of aromatic amines is 1. The van der Waals surface area contributed by atoms with Gasteiger partial charge < -0.3 is 8.94 Å². The number of H-pyrrole nitrogens is 1. The number of aromatic nitrogens is 5. The molecule has 29 heavy (non-hydrogen) atoms. The van der Waals surface area contributed by atoms with Crippen LogP contribution in [0.25, 0.3) is 39.3 Å². The third-order valence-corrected chi connectivity index (χ3v) is 4.84. The van der Waals surface area contributed by atoms with Crippen LogP contribution in [0.2, 0.25) is 0 Å². The number of oxazole rings is 1. The van der Waals surface area contributed by atoms with Gasteiger partial charge in [-0.05, 0) is 37.5 Å². The molecular formula is C21H19N5O3. The maximum atomic E-state index is 12.7. The van der Waals surface area contributed by atoms with E-state index in [-0.39, 0.29) is 5.56 Å². The lowest BCUT2D eigenvalue weighted by atomic mass is 10.1. The van der Waals surface area contributed by atoms with Gasteiger partial charge in [-0.3, -0.25) is 9.89 Å². The summed E-state index contributed by atoms with van der Waals surface area (Å²) in [5.41, 5.74) is 4.63. The highest BCUT2D eigenvalue weighted by Gasteiger charge is 2.17. The zero-order valence-corrected chi connectivity index (χ0v) is 16.3. The van der Waals surface area contributed by atoms with Crippen LogP contribution in [0.15, 0.2) is 50.5 Å². The lowest BCUT2D eigenvalue weighted by Gasteiger charge is -2.02. The quantitative estimate of drug-likeness (QED) is 0.498. The van der Waals surface area contributed by atoms with Gasteiger partial charge in [-0.25, -0.2) is 14.5 Å². The van der Waals surface area contributed by atoms with Crippen molar-refractivity contribution < 1.29 is 8.94 Å². The van der Waals surface area contributed by atoms with Crippen LogP contribution in [-0.4, -0.2) is 24.7 Å². The third-order valence-electron chi connectivity index (χ3n) is 4.84. The van der Waals surface area contributed by atoms with Gasteiger partial charge in [0.15, 0.2) is 11.2 Å². The molecule has 0 unspecified atom stereocenters. The Hall–Kier alpha value is -3.68. The molecule has 5 rings (SSSR count). The van der Waals surface area contributed by atoms with Crippen LogP contribution >= 0.6 is 0 Å². The van der Waals surface area contributed by atoms with Crippen LogP contribution in [0.1, 0.15) is 25.2 Å². The van der Waals surface area contributed by atoms with Crippen LogP contribution < -0.4 is 5.56 Å². The molecule has 8 nitrogen and oxygen atoms in total. The molecule has 0 atom stereocenters. The van der Waals surface area contributed by atoms with Crippen molar-refractivity contribution in [2.45, 2.75) is 27.2 Å². The lowest BCUT2D eigenvalue weighted by Crippen LogP contribution is -2.14. The summed E-state index contributed by atoms with van der Waals surface area (Å²) in [5, 5.41) is 7.81. The number of nitrogens with zero attached hydrogens (tertiary/aromatic N) is 4. The Morgan fingerprint density at radius 1 is 1.21 bits per heavy atom. The highest BCUT2D eigenvalue weighted by molar-refractivity contribution is 5.85. The molecule has 146 valence electrons. The van der Waals surface area contributed by atoms with Crippen LogP contribution in [0.3, 0.4) is 0 Å². The first-order valence-electron chi connectivity index (χ1n) is 9.42. The molecule has 1 aromatic carbocycles. The summed E-state index contributed by atoms with van der Waals surface area (Å²) in [6, 6.07) is 7.12. The summed E-state index contributed by atoms with van der Waals surface area (Å²) in [4.78, 5) is 21.9. The molecule has 0 aliphatic rings. The molecule has 4 heterocycles. The average Bonchev–Trinajstić information content (AvgIpc) is 3.40. The molecule has 1 N–H and O–H groups in total. The zero-order valence-electron chi connectivity index (χ0n) is 16.3. The Morgan fingerprint density at radius 2 is 2.07 bits per heavy atom. The van der Waals surface area contributed by atoms with E-state index in [1.54, 1.807) is 12.5 Å². The fraction of sp³-hybridized carbons (Fsp3) is 0.238. The number of fused-ring (bicyclic) bond motifs is 2. The second-order valence-electron chi connectivity index (χ2n) is 7.55. The minimum absolute atomic E-state index is 0.215. The third kappa shape index (κ3) is 2.93. The summed E-state index contributed by atoms with van der Waals surface area (Å²) in [7, 11) is 0. The molecule has 0 saturated heterocycles. The number of hydrogen-bond acceptors (Lipinski definition) is 6. The van der Waals surface area contributed by atoms with Gasteiger partial charge in [0.1, 0.15) is 6.26 Å². The molecule has 0 amide bonds. The fourth-order valence-electron chi connectivity index (χ4n) is 3.45. The van der Waals surface area contributed by atoms with E-state index in [0.29, 0.717) is 34.3 Å². The Balaban J connectivity index is 1.64. The summed E-state index contributed by atoms with van der Waals surface area (Å²) in [6.45, 7) is 6.13. The largest absolute Gasteiger partial charge is 0.444 e. The SMILES string of the molecule is Cc1noc2ccc(-c3cc(=O)n4[nH]cc(-c5nc(CC(C)C)co5)c4n3)cc12. The fourth-order valence-corrected chi connectivity index (χ4v) is 3.45. The topological polar surface area (TPSA) is 102 Å². The Bertz CT molecular complexity index is 1400. The molecule has 5 aromatic rings. The second-order valence-corrected chi connectivity index (χ2v) is 7.55. The zero-order chi connectivity index (χ0) is 20.1. The van der Waals surface area contributed by atoms with Gasteiger partial charge in [0.05, 0.1) is 22.6 Å². The van der Waals surface area contributed by atoms with Gasteiger partial charge in [-0.2, -0.15) is 0 Å². The van der Waals surface area contributed by atoms with Gasteiger partial charge in [-0.1, -0.05) is 19.0 Å². The molecule has 0 spiro atoms. The van der Waals surface area contributed by atoms with Crippen molar-refractivity contribution in [3.63, 3.8) is 0 Å². The molecule has 8 heteroatoms. The molecule has 0 saturated carbocycles. The predicted molar refractivity (Wildman–Crippen MR) is 108 cm³/mol. The number of benzene rings is 1. The first-order valence-corrected chi connectivity index (χ1v) is 9.42. The van der Waals surface area contributed by atoms with Gasteiger partial charge in [0.2, 0.25) is 5.89 Å². The lowest BCUT2D eigenvalue weighted by molar-refractivity contribution is 0.450. The average molecular weight is 389 g/mol. The smallest absolute Gasteiger partial charge is 0.273 e. The van der Waals surface area contributed by atoms with Gasteiger partial charge in [0.25, 0.3) is 5.56 Å².